The number of rotatable bonds is 4. The smallest absolute Gasteiger partial charge is 0.247 e. The second-order valence-corrected chi connectivity index (χ2v) is 9.58. The van der Waals surface area contributed by atoms with Crippen molar-refractivity contribution < 1.29 is 22.7 Å². The highest BCUT2D eigenvalue weighted by Crippen LogP contribution is 2.36. The quantitative estimate of drug-likeness (QED) is 0.729. The maximum atomic E-state index is 13.5. The minimum absolute atomic E-state index is 0.0723. The Morgan fingerprint density at radius 3 is 2.55 bits per heavy atom. The second-order valence-electron chi connectivity index (χ2n) is 7.72. The molecule has 0 N–H and O–H groups in total. The molecule has 2 aliphatic heterocycles. The fourth-order valence-corrected chi connectivity index (χ4v) is 5.61. The molecule has 160 valence electrons. The van der Waals surface area contributed by atoms with Crippen LogP contribution in [0.15, 0.2) is 29.2 Å². The molecule has 29 heavy (non-hydrogen) atoms. The summed E-state index contributed by atoms with van der Waals surface area (Å²) in [5.41, 5.74) is 0. The second kappa shape index (κ2) is 8.71. The molecule has 1 aromatic rings. The minimum atomic E-state index is -3.93. The van der Waals surface area contributed by atoms with Gasteiger partial charge in [0.15, 0.2) is 0 Å². The first kappa shape index (κ1) is 21.6. The number of benzene rings is 1. The van der Waals surface area contributed by atoms with Crippen molar-refractivity contribution in [2.75, 3.05) is 33.7 Å². The molecule has 2 atom stereocenters. The number of amides is 2. The van der Waals surface area contributed by atoms with Crippen molar-refractivity contribution in [3.63, 3.8) is 0 Å². The summed E-state index contributed by atoms with van der Waals surface area (Å²) < 4.78 is 34.4. The van der Waals surface area contributed by atoms with Crippen LogP contribution in [0.5, 0.6) is 5.75 Å². The summed E-state index contributed by atoms with van der Waals surface area (Å²) in [7, 11) is -0.717. The van der Waals surface area contributed by atoms with E-state index in [-0.39, 0.29) is 23.3 Å². The predicted octanol–water partition coefficient (Wildman–Crippen LogP) is 1.32. The van der Waals surface area contributed by atoms with Gasteiger partial charge in [-0.3, -0.25) is 9.59 Å². The number of carbonyl (C=O) groups excluding carboxylic acids is 2. The highest BCUT2D eigenvalue weighted by molar-refractivity contribution is 7.89. The Hall–Kier alpha value is -2.13. The Balaban J connectivity index is 1.99. The lowest BCUT2D eigenvalue weighted by molar-refractivity contribution is -0.131. The SMILES string of the molecule is CCCC(=O)N1CC[C@@H]2[C@@H](CC1)Oc1ccccc1S(=O)(=O)N2CC(=O)N(C)C. The third-order valence-corrected chi connectivity index (χ3v) is 7.41. The molecule has 2 aliphatic rings. The summed E-state index contributed by atoms with van der Waals surface area (Å²) in [4.78, 5) is 28.1. The fraction of sp³-hybridized carbons (Fsp3) is 0.600. The number of para-hydroxylation sites is 1. The minimum Gasteiger partial charge on any atom is -0.487 e. The van der Waals surface area contributed by atoms with E-state index in [2.05, 4.69) is 0 Å². The molecule has 0 aromatic heterocycles. The summed E-state index contributed by atoms with van der Waals surface area (Å²) in [5, 5.41) is 0. The van der Waals surface area contributed by atoms with Gasteiger partial charge in [-0.15, -0.1) is 0 Å². The van der Waals surface area contributed by atoms with Gasteiger partial charge in [0.1, 0.15) is 16.7 Å². The standard InChI is InChI=1S/C20H29N3O5S/c1-4-7-19(24)22-12-10-15-16(11-13-22)28-17-8-5-6-9-18(17)29(26,27)23(15)14-20(25)21(2)3/h5-6,8-9,15-16H,4,7,10-14H2,1-3H3/t15-,16-/m1/s1. The Morgan fingerprint density at radius 1 is 1.17 bits per heavy atom. The third-order valence-electron chi connectivity index (χ3n) is 5.50. The first-order valence-corrected chi connectivity index (χ1v) is 11.4. The summed E-state index contributed by atoms with van der Waals surface area (Å²) >= 11 is 0. The molecule has 0 saturated carbocycles. The van der Waals surface area contributed by atoms with E-state index in [4.69, 9.17) is 4.74 Å². The number of sulfonamides is 1. The fourth-order valence-electron chi connectivity index (χ4n) is 3.85. The van der Waals surface area contributed by atoms with Crippen molar-refractivity contribution in [2.24, 2.45) is 0 Å². The van der Waals surface area contributed by atoms with E-state index in [1.807, 2.05) is 6.92 Å². The molecule has 3 rings (SSSR count). The van der Waals surface area contributed by atoms with Crippen LogP contribution in [0.2, 0.25) is 0 Å². The average Bonchev–Trinajstić information content (AvgIpc) is 2.92. The van der Waals surface area contributed by atoms with Gasteiger partial charge in [-0.2, -0.15) is 4.31 Å². The molecule has 0 aliphatic carbocycles. The van der Waals surface area contributed by atoms with Crippen molar-refractivity contribution >= 4 is 21.8 Å². The molecule has 2 heterocycles. The molecule has 0 spiro atoms. The average molecular weight is 424 g/mol. The van der Waals surface area contributed by atoms with Crippen LogP contribution in [0.25, 0.3) is 0 Å². The molecule has 1 fully saturated rings. The lowest BCUT2D eigenvalue weighted by Gasteiger charge is -2.31. The zero-order valence-electron chi connectivity index (χ0n) is 17.2. The highest BCUT2D eigenvalue weighted by Gasteiger charge is 2.44. The molecule has 1 saturated heterocycles. The van der Waals surface area contributed by atoms with Gasteiger partial charge < -0.3 is 14.5 Å². The molecule has 0 unspecified atom stereocenters. The van der Waals surface area contributed by atoms with Crippen LogP contribution in [-0.2, 0) is 19.6 Å². The number of hydrogen-bond donors (Lipinski definition) is 0. The van der Waals surface area contributed by atoms with Crippen LogP contribution >= 0.6 is 0 Å². The monoisotopic (exact) mass is 423 g/mol. The Kier molecular flexibility index (Phi) is 6.48. The van der Waals surface area contributed by atoms with Crippen molar-refractivity contribution in [2.45, 2.75) is 49.6 Å². The number of likely N-dealkylation sites (tertiary alicyclic amines) is 1. The molecular weight excluding hydrogens is 394 g/mol. The van der Waals surface area contributed by atoms with E-state index >= 15 is 0 Å². The number of nitrogens with zero attached hydrogens (tertiary/aromatic N) is 3. The summed E-state index contributed by atoms with van der Waals surface area (Å²) in [5.74, 6) is 0.0774. The summed E-state index contributed by atoms with van der Waals surface area (Å²) in [6.45, 7) is 2.66. The molecule has 2 amide bonds. The van der Waals surface area contributed by atoms with E-state index in [0.29, 0.717) is 38.1 Å². The molecule has 1 aromatic carbocycles. The van der Waals surface area contributed by atoms with Crippen LogP contribution in [0.1, 0.15) is 32.6 Å². The van der Waals surface area contributed by atoms with Crippen LogP contribution in [0, 0.1) is 0 Å². The van der Waals surface area contributed by atoms with Crippen LogP contribution < -0.4 is 4.74 Å². The van der Waals surface area contributed by atoms with Gasteiger partial charge in [0.25, 0.3) is 0 Å². The van der Waals surface area contributed by atoms with Crippen LogP contribution in [-0.4, -0.2) is 80.2 Å². The van der Waals surface area contributed by atoms with Gasteiger partial charge >= 0.3 is 0 Å². The Morgan fingerprint density at radius 2 is 1.86 bits per heavy atom. The van der Waals surface area contributed by atoms with Crippen LogP contribution in [0.3, 0.4) is 0 Å². The Labute approximate surface area is 172 Å². The summed E-state index contributed by atoms with van der Waals surface area (Å²) in [6.07, 6.45) is 1.75. The normalized spacial score (nSPS) is 23.8. The number of likely N-dealkylation sites (N-methyl/N-ethyl adjacent to an activating group) is 1. The topological polar surface area (TPSA) is 87.2 Å². The lowest BCUT2D eigenvalue weighted by Crippen LogP contribution is -2.50. The van der Waals surface area contributed by atoms with Gasteiger partial charge in [0.2, 0.25) is 21.8 Å². The van der Waals surface area contributed by atoms with E-state index in [1.165, 1.54) is 15.3 Å². The molecule has 0 radical (unpaired) electrons. The molecule has 8 nitrogen and oxygen atoms in total. The maximum Gasteiger partial charge on any atom is 0.247 e. The number of carbonyl (C=O) groups is 2. The van der Waals surface area contributed by atoms with Crippen molar-refractivity contribution in [1.29, 1.82) is 0 Å². The van der Waals surface area contributed by atoms with Gasteiger partial charge in [-0.05, 0) is 25.0 Å². The molecule has 0 bridgehead atoms. The predicted molar refractivity (Wildman–Crippen MR) is 108 cm³/mol. The first-order chi connectivity index (χ1) is 13.8. The molecule has 9 heteroatoms. The number of ether oxygens (including phenoxy) is 1. The van der Waals surface area contributed by atoms with Crippen molar-refractivity contribution in [3.05, 3.63) is 24.3 Å². The van der Waals surface area contributed by atoms with E-state index in [9.17, 15) is 18.0 Å². The van der Waals surface area contributed by atoms with Gasteiger partial charge in [0.05, 0.1) is 12.6 Å². The van der Waals surface area contributed by atoms with E-state index in [0.717, 1.165) is 6.42 Å². The number of hydrogen-bond acceptors (Lipinski definition) is 5. The third kappa shape index (κ3) is 4.40. The van der Waals surface area contributed by atoms with E-state index < -0.39 is 22.2 Å². The van der Waals surface area contributed by atoms with Gasteiger partial charge in [-0.25, -0.2) is 8.42 Å². The zero-order valence-corrected chi connectivity index (χ0v) is 18.0. The zero-order chi connectivity index (χ0) is 21.2. The largest absolute Gasteiger partial charge is 0.487 e. The number of fused-ring (bicyclic) bond motifs is 2. The summed E-state index contributed by atoms with van der Waals surface area (Å²) in [6, 6.07) is 6.03. The van der Waals surface area contributed by atoms with Crippen molar-refractivity contribution in [3.8, 4) is 5.75 Å². The molecular formula is C20H29N3O5S. The van der Waals surface area contributed by atoms with Gasteiger partial charge in [0, 0.05) is 40.0 Å². The van der Waals surface area contributed by atoms with Gasteiger partial charge in [-0.1, -0.05) is 19.1 Å². The van der Waals surface area contributed by atoms with Crippen molar-refractivity contribution in [1.82, 2.24) is 14.1 Å². The highest BCUT2D eigenvalue weighted by atomic mass is 32.2. The lowest BCUT2D eigenvalue weighted by atomic mass is 10.1. The first-order valence-electron chi connectivity index (χ1n) is 10.0. The Bertz CT molecular complexity index is 871. The van der Waals surface area contributed by atoms with Crippen LogP contribution in [0.4, 0.5) is 0 Å². The maximum absolute atomic E-state index is 13.5. The van der Waals surface area contributed by atoms with E-state index in [1.54, 1.807) is 37.2 Å².